The van der Waals surface area contributed by atoms with Crippen LogP contribution in [0.25, 0.3) is 0 Å². The molecule has 0 fully saturated rings. The zero-order valence-electron chi connectivity index (χ0n) is 10.2. The molecule has 2 aromatic rings. The minimum absolute atomic E-state index is 0.306. The standard InChI is InChI=1S/C15H12N2O2/c1-3-7-12(8-4-1)16-15-17-14(11-18-15)19-13-9-5-2-6-10-13/h1-10H,11H2. The van der Waals surface area contributed by atoms with Gasteiger partial charge >= 0.3 is 6.02 Å². The molecule has 0 N–H and O–H groups in total. The summed E-state index contributed by atoms with van der Waals surface area (Å²) < 4.78 is 11.0. The van der Waals surface area contributed by atoms with Gasteiger partial charge < -0.3 is 9.47 Å². The van der Waals surface area contributed by atoms with Crippen molar-refractivity contribution in [3.63, 3.8) is 0 Å². The molecule has 3 rings (SSSR count). The van der Waals surface area contributed by atoms with Gasteiger partial charge in [-0.05, 0) is 24.3 Å². The van der Waals surface area contributed by atoms with Crippen LogP contribution in [-0.2, 0) is 4.74 Å². The third-order valence-electron chi connectivity index (χ3n) is 2.50. The number of nitrogens with zero attached hydrogens (tertiary/aromatic N) is 2. The Kier molecular flexibility index (Phi) is 3.23. The quantitative estimate of drug-likeness (QED) is 0.823. The van der Waals surface area contributed by atoms with E-state index in [0.717, 1.165) is 11.4 Å². The number of rotatable bonds is 2. The largest absolute Gasteiger partial charge is 0.453 e. The summed E-state index contributed by atoms with van der Waals surface area (Å²) in [5.74, 6) is 1.26. The second kappa shape index (κ2) is 5.35. The maximum Gasteiger partial charge on any atom is 0.320 e. The molecule has 1 aliphatic rings. The van der Waals surface area contributed by atoms with E-state index in [-0.39, 0.29) is 0 Å². The predicted molar refractivity (Wildman–Crippen MR) is 74.0 cm³/mol. The Bertz CT molecular complexity index is 607. The van der Waals surface area contributed by atoms with Crippen molar-refractivity contribution >= 4 is 17.6 Å². The molecule has 0 saturated heterocycles. The van der Waals surface area contributed by atoms with Crippen LogP contribution in [0.2, 0.25) is 0 Å². The molecule has 0 bridgehead atoms. The van der Waals surface area contributed by atoms with Gasteiger partial charge in [0.15, 0.2) is 6.61 Å². The number of benzene rings is 2. The summed E-state index contributed by atoms with van der Waals surface area (Å²) in [6, 6.07) is 19.4. The number of hydrogen-bond donors (Lipinski definition) is 0. The molecule has 1 heterocycles. The van der Waals surface area contributed by atoms with Gasteiger partial charge in [0.25, 0.3) is 0 Å². The van der Waals surface area contributed by atoms with E-state index in [1.807, 2.05) is 60.7 Å². The van der Waals surface area contributed by atoms with Crippen LogP contribution in [0.4, 0.5) is 5.69 Å². The average molecular weight is 252 g/mol. The summed E-state index contributed by atoms with van der Waals surface area (Å²) in [6.45, 7) is 0.306. The van der Waals surface area contributed by atoms with E-state index in [9.17, 15) is 0 Å². The Morgan fingerprint density at radius 2 is 1.63 bits per heavy atom. The summed E-state index contributed by atoms with van der Waals surface area (Å²) in [4.78, 5) is 8.48. The fraction of sp³-hybridized carbons (Fsp3) is 0.0667. The summed E-state index contributed by atoms with van der Waals surface area (Å²) in [6.07, 6.45) is 0. The number of ether oxygens (including phenoxy) is 2. The van der Waals surface area contributed by atoms with Crippen LogP contribution >= 0.6 is 0 Å². The first-order valence-electron chi connectivity index (χ1n) is 5.97. The maximum absolute atomic E-state index is 5.59. The van der Waals surface area contributed by atoms with Crippen LogP contribution in [-0.4, -0.2) is 18.5 Å². The van der Waals surface area contributed by atoms with Crippen molar-refractivity contribution in [3.8, 4) is 5.75 Å². The highest BCUT2D eigenvalue weighted by Crippen LogP contribution is 2.15. The van der Waals surface area contributed by atoms with E-state index < -0.39 is 0 Å². The van der Waals surface area contributed by atoms with E-state index in [1.165, 1.54) is 0 Å². The predicted octanol–water partition coefficient (Wildman–Crippen LogP) is 3.18. The van der Waals surface area contributed by atoms with Gasteiger partial charge in [-0.2, -0.15) is 9.98 Å². The van der Waals surface area contributed by atoms with Gasteiger partial charge in [0.05, 0.1) is 5.69 Å². The topological polar surface area (TPSA) is 43.2 Å². The van der Waals surface area contributed by atoms with E-state index in [2.05, 4.69) is 9.98 Å². The highest BCUT2D eigenvalue weighted by Gasteiger charge is 2.15. The molecule has 0 unspecified atom stereocenters. The molecule has 0 radical (unpaired) electrons. The summed E-state index contributed by atoms with van der Waals surface area (Å²) in [7, 11) is 0. The first-order chi connectivity index (χ1) is 9.40. The van der Waals surface area contributed by atoms with Crippen LogP contribution in [0.3, 0.4) is 0 Å². The third kappa shape index (κ3) is 2.98. The summed E-state index contributed by atoms with van der Waals surface area (Å²) in [5, 5.41) is 0. The van der Waals surface area contributed by atoms with Gasteiger partial charge in [-0.3, -0.25) is 0 Å². The van der Waals surface area contributed by atoms with Crippen molar-refractivity contribution < 1.29 is 9.47 Å². The molecule has 94 valence electrons. The average Bonchev–Trinajstić information content (AvgIpc) is 2.88. The minimum Gasteiger partial charge on any atom is -0.453 e. The molecular weight excluding hydrogens is 240 g/mol. The van der Waals surface area contributed by atoms with Gasteiger partial charge in [-0.25, -0.2) is 0 Å². The van der Waals surface area contributed by atoms with E-state index in [0.29, 0.717) is 18.5 Å². The minimum atomic E-state index is 0.306. The van der Waals surface area contributed by atoms with Gasteiger partial charge in [-0.1, -0.05) is 36.4 Å². The van der Waals surface area contributed by atoms with E-state index in [4.69, 9.17) is 9.47 Å². The van der Waals surface area contributed by atoms with Crippen molar-refractivity contribution in [2.45, 2.75) is 0 Å². The Hall–Kier alpha value is -2.62. The number of hydrogen-bond acceptors (Lipinski definition) is 3. The lowest BCUT2D eigenvalue weighted by Gasteiger charge is -2.01. The first-order valence-corrected chi connectivity index (χ1v) is 5.97. The number of aliphatic imine (C=N–C) groups is 2. The second-order valence-electron chi connectivity index (χ2n) is 3.94. The van der Waals surface area contributed by atoms with Gasteiger partial charge in [0.2, 0.25) is 5.90 Å². The molecule has 4 heteroatoms. The fourth-order valence-electron chi connectivity index (χ4n) is 1.64. The molecular formula is C15H12N2O2. The molecule has 0 atom stereocenters. The van der Waals surface area contributed by atoms with E-state index in [1.54, 1.807) is 0 Å². The number of para-hydroxylation sites is 2. The van der Waals surface area contributed by atoms with Crippen LogP contribution in [0.5, 0.6) is 5.75 Å². The van der Waals surface area contributed by atoms with Gasteiger partial charge in [0.1, 0.15) is 5.75 Å². The smallest absolute Gasteiger partial charge is 0.320 e. The molecule has 0 spiro atoms. The Balaban J connectivity index is 1.73. The van der Waals surface area contributed by atoms with Gasteiger partial charge in [-0.15, -0.1) is 0 Å². The van der Waals surface area contributed by atoms with Crippen molar-refractivity contribution in [2.24, 2.45) is 9.98 Å². The van der Waals surface area contributed by atoms with Crippen LogP contribution in [0.1, 0.15) is 0 Å². The van der Waals surface area contributed by atoms with Crippen molar-refractivity contribution in [2.75, 3.05) is 6.61 Å². The van der Waals surface area contributed by atoms with Crippen molar-refractivity contribution in [3.05, 3.63) is 60.7 Å². The normalized spacial score (nSPS) is 16.0. The SMILES string of the molecule is c1ccc(N=C2N=C(Oc3ccccc3)CO2)cc1. The zero-order valence-corrected chi connectivity index (χ0v) is 10.2. The highest BCUT2D eigenvalue weighted by molar-refractivity contribution is 5.98. The van der Waals surface area contributed by atoms with Crippen molar-refractivity contribution in [1.82, 2.24) is 0 Å². The molecule has 19 heavy (non-hydrogen) atoms. The van der Waals surface area contributed by atoms with Crippen molar-refractivity contribution in [1.29, 1.82) is 0 Å². The van der Waals surface area contributed by atoms with Gasteiger partial charge in [0, 0.05) is 0 Å². The van der Waals surface area contributed by atoms with Crippen LogP contribution in [0.15, 0.2) is 70.6 Å². The lowest BCUT2D eigenvalue weighted by Crippen LogP contribution is -2.09. The first kappa shape index (κ1) is 11.5. The lowest BCUT2D eigenvalue weighted by atomic mass is 10.3. The molecule has 0 saturated carbocycles. The third-order valence-corrected chi connectivity index (χ3v) is 2.50. The Morgan fingerprint density at radius 3 is 2.37 bits per heavy atom. The molecule has 0 aliphatic carbocycles. The second-order valence-corrected chi connectivity index (χ2v) is 3.94. The molecule has 2 aromatic carbocycles. The van der Waals surface area contributed by atoms with Crippen LogP contribution in [0, 0.1) is 0 Å². The highest BCUT2D eigenvalue weighted by atomic mass is 16.6. The maximum atomic E-state index is 5.59. The summed E-state index contributed by atoms with van der Waals surface area (Å²) in [5.41, 5.74) is 0.808. The lowest BCUT2D eigenvalue weighted by molar-refractivity contribution is 0.355. The fourth-order valence-corrected chi connectivity index (χ4v) is 1.64. The molecule has 4 nitrogen and oxygen atoms in total. The molecule has 1 aliphatic heterocycles. The Labute approximate surface area is 111 Å². The van der Waals surface area contributed by atoms with E-state index >= 15 is 0 Å². The van der Waals surface area contributed by atoms with Crippen LogP contribution < -0.4 is 4.74 Å². The summed E-state index contributed by atoms with van der Waals surface area (Å²) >= 11 is 0. The Morgan fingerprint density at radius 1 is 0.947 bits per heavy atom. The molecule has 0 amide bonds. The monoisotopic (exact) mass is 252 g/mol. The number of amidine groups is 1. The zero-order chi connectivity index (χ0) is 12.9. The molecule has 0 aromatic heterocycles.